The predicted molar refractivity (Wildman–Crippen MR) is 133 cm³/mol. The maximum absolute atomic E-state index is 13.8. The minimum Gasteiger partial charge on any atom is -0.444 e. The topological polar surface area (TPSA) is 106 Å². The summed E-state index contributed by atoms with van der Waals surface area (Å²) >= 11 is 0. The fourth-order valence-electron chi connectivity index (χ4n) is 3.64. The lowest BCUT2D eigenvalue weighted by Crippen LogP contribution is -2.52. The first kappa shape index (κ1) is 29.3. The van der Waals surface area contributed by atoms with Crippen molar-refractivity contribution in [2.45, 2.75) is 39.0 Å². The molecular formula is C26H26F4N3O6+. The van der Waals surface area contributed by atoms with Crippen LogP contribution in [0, 0.1) is 5.82 Å². The molecule has 1 N–H and O–H groups in total. The third-order valence-corrected chi connectivity index (χ3v) is 5.56. The molecule has 13 heteroatoms. The number of hydrogen-bond acceptors (Lipinski definition) is 6. The van der Waals surface area contributed by atoms with Gasteiger partial charge in [0.05, 0.1) is 23.7 Å². The summed E-state index contributed by atoms with van der Waals surface area (Å²) in [6, 6.07) is 6.96. The number of carbonyl (C=O) groups is 3. The highest BCUT2D eigenvalue weighted by molar-refractivity contribution is 6.11. The number of ether oxygens (including phenoxy) is 2. The van der Waals surface area contributed by atoms with Gasteiger partial charge >= 0.3 is 24.3 Å². The normalized spacial score (nSPS) is 17.0. The summed E-state index contributed by atoms with van der Waals surface area (Å²) < 4.78 is 61.7. The number of nitrogens with zero attached hydrogens (tertiary/aromatic N) is 3. The van der Waals surface area contributed by atoms with E-state index in [1.807, 2.05) is 0 Å². The number of carboxylic acid groups (broad SMARTS) is 1. The number of aliphatic imine (C=N–C) groups is 1. The number of carbonyl (C=O) groups excluding carboxylic acids is 2. The molecule has 2 aromatic carbocycles. The van der Waals surface area contributed by atoms with Crippen molar-refractivity contribution in [2.75, 3.05) is 13.6 Å². The number of quaternary nitrogens is 1. The van der Waals surface area contributed by atoms with Crippen LogP contribution >= 0.6 is 0 Å². The second-order valence-electron chi connectivity index (χ2n) is 9.58. The minimum atomic E-state index is -4.91. The molecule has 0 saturated carbocycles. The first-order valence-electron chi connectivity index (χ1n) is 11.6. The zero-order valence-corrected chi connectivity index (χ0v) is 21.5. The highest BCUT2D eigenvalue weighted by Crippen LogP contribution is 2.33. The summed E-state index contributed by atoms with van der Waals surface area (Å²) in [7, 11) is 1.51. The van der Waals surface area contributed by atoms with Gasteiger partial charge in [0.25, 0.3) is 0 Å². The third-order valence-electron chi connectivity index (χ3n) is 5.56. The van der Waals surface area contributed by atoms with Gasteiger partial charge < -0.3 is 19.5 Å². The molecule has 1 heterocycles. The molecule has 9 nitrogen and oxygen atoms in total. The number of rotatable bonds is 6. The summed E-state index contributed by atoms with van der Waals surface area (Å²) in [5.74, 6) is -2.59. The molecule has 0 radical (unpaired) electrons. The van der Waals surface area contributed by atoms with E-state index in [0.29, 0.717) is 12.1 Å². The van der Waals surface area contributed by atoms with E-state index >= 15 is 0 Å². The Bertz CT molecular complexity index is 1330. The van der Waals surface area contributed by atoms with Gasteiger partial charge in [-0.15, -0.1) is 4.48 Å². The Labute approximate surface area is 221 Å². The first-order chi connectivity index (χ1) is 18.0. The molecular weight excluding hydrogens is 526 g/mol. The van der Waals surface area contributed by atoms with Crippen molar-refractivity contribution in [3.8, 4) is 5.75 Å². The van der Waals surface area contributed by atoms with E-state index < -0.39 is 51.4 Å². The molecule has 0 aliphatic carbocycles. The van der Waals surface area contributed by atoms with Crippen LogP contribution in [0.15, 0.2) is 59.9 Å². The lowest BCUT2D eigenvalue weighted by atomic mass is 10.1. The van der Waals surface area contributed by atoms with Gasteiger partial charge in [-0.3, -0.25) is 0 Å². The van der Waals surface area contributed by atoms with Crippen LogP contribution in [0.2, 0.25) is 0 Å². The predicted octanol–water partition coefficient (Wildman–Crippen LogP) is 6.19. The molecule has 1 unspecified atom stereocenters. The van der Waals surface area contributed by atoms with Gasteiger partial charge in [0.1, 0.15) is 23.4 Å². The monoisotopic (exact) mass is 552 g/mol. The van der Waals surface area contributed by atoms with Crippen molar-refractivity contribution < 1.29 is 46.5 Å². The first-order valence-corrected chi connectivity index (χ1v) is 11.6. The highest BCUT2D eigenvalue weighted by Gasteiger charge is 2.46. The zero-order chi connectivity index (χ0) is 29.2. The van der Waals surface area contributed by atoms with Gasteiger partial charge in [0.15, 0.2) is 5.69 Å². The summed E-state index contributed by atoms with van der Waals surface area (Å²) in [6.07, 6.45) is -4.04. The molecule has 0 spiro atoms. The lowest BCUT2D eigenvalue weighted by Gasteiger charge is -2.28. The summed E-state index contributed by atoms with van der Waals surface area (Å²) in [4.78, 5) is 42.5. The number of halogens is 4. The molecule has 1 aliphatic heterocycles. The van der Waals surface area contributed by atoms with E-state index in [2.05, 4.69) is 4.99 Å². The standard InChI is InChI=1S/C26H25F4N3O6/c1-25(2,3)39-23(35)32(4)13-11-21-31-12-14-33(21,24(36)37)17-6-8-18(9-7-17)38-22(34)16-5-10-19(20(27)15-16)26(28,29)30/h5-10,12,14-15H,11,13H2,1-4H3/p+1. The van der Waals surface area contributed by atoms with E-state index in [-0.39, 0.29) is 30.2 Å². The molecule has 0 bridgehead atoms. The zero-order valence-electron chi connectivity index (χ0n) is 21.5. The van der Waals surface area contributed by atoms with Crippen LogP contribution in [0.3, 0.4) is 0 Å². The van der Waals surface area contributed by atoms with Gasteiger partial charge in [0, 0.05) is 25.7 Å². The third kappa shape index (κ3) is 6.60. The van der Waals surface area contributed by atoms with E-state index in [9.17, 15) is 37.1 Å². The largest absolute Gasteiger partial charge is 0.529 e. The number of hydrogen-bond donors (Lipinski definition) is 1. The number of alkyl halides is 3. The minimum absolute atomic E-state index is 0.0566. The van der Waals surface area contributed by atoms with Crippen LogP contribution in [0.4, 0.5) is 32.8 Å². The van der Waals surface area contributed by atoms with Gasteiger partial charge in [-0.1, -0.05) is 0 Å². The molecule has 1 aliphatic rings. The molecule has 2 amide bonds. The van der Waals surface area contributed by atoms with E-state index in [4.69, 9.17) is 9.47 Å². The Kier molecular flexibility index (Phi) is 8.15. The number of benzene rings is 2. The Morgan fingerprint density at radius 2 is 1.69 bits per heavy atom. The average Bonchev–Trinajstić information content (AvgIpc) is 3.26. The summed E-state index contributed by atoms with van der Waals surface area (Å²) in [5.41, 5.74) is -2.44. The smallest absolute Gasteiger partial charge is 0.444 e. The molecule has 1 atom stereocenters. The summed E-state index contributed by atoms with van der Waals surface area (Å²) in [6.45, 7) is 5.28. The van der Waals surface area contributed by atoms with E-state index in [1.54, 1.807) is 20.8 Å². The number of amidine groups is 1. The molecule has 0 aromatic heterocycles. The van der Waals surface area contributed by atoms with Crippen molar-refractivity contribution >= 4 is 29.7 Å². The average molecular weight is 553 g/mol. The maximum atomic E-state index is 13.8. The molecule has 2 aromatic rings. The Morgan fingerprint density at radius 1 is 1.05 bits per heavy atom. The lowest BCUT2D eigenvalue weighted by molar-refractivity contribution is -0.140. The second-order valence-corrected chi connectivity index (χ2v) is 9.58. The molecule has 0 saturated heterocycles. The summed E-state index contributed by atoms with van der Waals surface area (Å²) in [5, 5.41) is 10.1. The van der Waals surface area contributed by atoms with Crippen LogP contribution < -0.4 is 9.22 Å². The second kappa shape index (κ2) is 10.8. The fourth-order valence-corrected chi connectivity index (χ4v) is 3.64. The van der Waals surface area contributed by atoms with Crippen LogP contribution in [-0.2, 0) is 10.9 Å². The van der Waals surface area contributed by atoms with Gasteiger partial charge in [-0.25, -0.2) is 19.0 Å². The fraction of sp³-hybridized carbons (Fsp3) is 0.308. The highest BCUT2D eigenvalue weighted by atomic mass is 19.4. The van der Waals surface area contributed by atoms with Gasteiger partial charge in [-0.05, 0) is 51.1 Å². The number of esters is 1. The van der Waals surface area contributed by atoms with Crippen molar-refractivity contribution in [2.24, 2.45) is 4.99 Å². The molecule has 3 rings (SSSR count). The molecule has 0 fully saturated rings. The molecule has 208 valence electrons. The van der Waals surface area contributed by atoms with Gasteiger partial charge in [0.2, 0.25) is 5.84 Å². The van der Waals surface area contributed by atoms with Crippen LogP contribution in [-0.4, -0.2) is 53.2 Å². The van der Waals surface area contributed by atoms with Crippen molar-refractivity contribution in [1.82, 2.24) is 9.38 Å². The Balaban J connectivity index is 1.75. The maximum Gasteiger partial charge on any atom is 0.529 e. The number of amides is 2. The van der Waals surface area contributed by atoms with E-state index in [1.165, 1.54) is 48.6 Å². The van der Waals surface area contributed by atoms with Crippen LogP contribution in [0.1, 0.15) is 43.1 Å². The van der Waals surface area contributed by atoms with Crippen molar-refractivity contribution in [3.63, 3.8) is 0 Å². The van der Waals surface area contributed by atoms with Crippen molar-refractivity contribution in [3.05, 3.63) is 71.8 Å². The van der Waals surface area contributed by atoms with Crippen LogP contribution in [0.25, 0.3) is 0 Å². The SMILES string of the molecule is CN(CCC1=NC=C[N+]1(C(=O)O)c1ccc(OC(=O)c2ccc(C(F)(F)F)c(F)c2)cc1)C(=O)OC(C)(C)C. The quantitative estimate of drug-likeness (QED) is 0.198. The molecule has 39 heavy (non-hydrogen) atoms. The Morgan fingerprint density at radius 3 is 2.23 bits per heavy atom. The van der Waals surface area contributed by atoms with Crippen LogP contribution in [0.5, 0.6) is 5.75 Å². The Hall–Kier alpha value is -4.26. The van der Waals surface area contributed by atoms with Crippen molar-refractivity contribution in [1.29, 1.82) is 0 Å². The van der Waals surface area contributed by atoms with E-state index in [0.717, 1.165) is 6.07 Å². The van der Waals surface area contributed by atoms with Gasteiger partial charge in [-0.2, -0.15) is 18.0 Å².